The number of piperazine rings is 1. The lowest BCUT2D eigenvalue weighted by atomic mass is 10.1. The first-order valence-electron chi connectivity index (χ1n) is 8.79. The number of amides is 2. The lowest BCUT2D eigenvalue weighted by Gasteiger charge is -2.34. The first-order chi connectivity index (χ1) is 12.6. The minimum atomic E-state index is -0.283. The third-order valence-electron chi connectivity index (χ3n) is 4.54. The molecule has 1 aromatic heterocycles. The highest BCUT2D eigenvalue weighted by molar-refractivity contribution is 6.02. The van der Waals surface area contributed by atoms with E-state index in [4.69, 9.17) is 0 Å². The molecule has 2 heterocycles. The van der Waals surface area contributed by atoms with E-state index in [1.54, 1.807) is 13.1 Å². The fourth-order valence-electron chi connectivity index (χ4n) is 2.87. The topological polar surface area (TPSA) is 78.4 Å². The Bertz CT molecular complexity index is 766. The van der Waals surface area contributed by atoms with Crippen LogP contribution in [0.15, 0.2) is 36.7 Å². The van der Waals surface area contributed by atoms with E-state index in [0.717, 1.165) is 17.9 Å². The molecule has 0 unspecified atom stereocenters. The zero-order valence-corrected chi connectivity index (χ0v) is 15.1. The van der Waals surface area contributed by atoms with E-state index < -0.39 is 0 Å². The van der Waals surface area contributed by atoms with E-state index in [1.807, 2.05) is 29.2 Å². The number of hydrogen-bond donors (Lipinski definition) is 1. The number of carbonyl (C=O) groups excluding carboxylic acids is 2. The standard InChI is InChI=1S/C19H23N5O2/c1-3-15-4-6-16(7-5-15)22-19(26)17-12-21-18(13-20-17)24-10-8-23(9-11-24)14(2)25/h4-7,12-13H,3,8-11H2,1-2H3,(H,22,26). The van der Waals surface area contributed by atoms with E-state index in [2.05, 4.69) is 27.1 Å². The molecule has 0 atom stereocenters. The Morgan fingerprint density at radius 1 is 1.04 bits per heavy atom. The average molecular weight is 353 g/mol. The predicted molar refractivity (Wildman–Crippen MR) is 100 cm³/mol. The maximum absolute atomic E-state index is 12.3. The number of carbonyl (C=O) groups is 2. The normalized spacial score (nSPS) is 14.2. The second-order valence-corrected chi connectivity index (χ2v) is 6.26. The van der Waals surface area contributed by atoms with E-state index in [9.17, 15) is 9.59 Å². The van der Waals surface area contributed by atoms with Gasteiger partial charge in [0.25, 0.3) is 5.91 Å². The third kappa shape index (κ3) is 4.17. The van der Waals surface area contributed by atoms with Gasteiger partial charge in [0.15, 0.2) is 0 Å². The highest BCUT2D eigenvalue weighted by Crippen LogP contribution is 2.14. The molecule has 26 heavy (non-hydrogen) atoms. The molecule has 1 aromatic carbocycles. The molecule has 136 valence electrons. The van der Waals surface area contributed by atoms with Crippen molar-refractivity contribution in [2.45, 2.75) is 20.3 Å². The van der Waals surface area contributed by atoms with Gasteiger partial charge in [0.05, 0.1) is 12.4 Å². The Kier molecular flexibility index (Phi) is 5.46. The summed E-state index contributed by atoms with van der Waals surface area (Å²) >= 11 is 0. The number of benzene rings is 1. The molecule has 1 fully saturated rings. The maximum Gasteiger partial charge on any atom is 0.275 e. The van der Waals surface area contributed by atoms with Gasteiger partial charge >= 0.3 is 0 Å². The van der Waals surface area contributed by atoms with Crippen LogP contribution in [0.3, 0.4) is 0 Å². The van der Waals surface area contributed by atoms with Gasteiger partial charge in [-0.15, -0.1) is 0 Å². The second kappa shape index (κ2) is 7.95. The summed E-state index contributed by atoms with van der Waals surface area (Å²) in [6.07, 6.45) is 4.06. The average Bonchev–Trinajstić information content (AvgIpc) is 2.69. The van der Waals surface area contributed by atoms with Crippen LogP contribution in [-0.2, 0) is 11.2 Å². The molecule has 1 aliphatic heterocycles. The van der Waals surface area contributed by atoms with Gasteiger partial charge in [-0.1, -0.05) is 19.1 Å². The van der Waals surface area contributed by atoms with E-state index in [-0.39, 0.29) is 17.5 Å². The molecule has 0 aliphatic carbocycles. The molecule has 0 spiro atoms. The van der Waals surface area contributed by atoms with Gasteiger partial charge in [-0.3, -0.25) is 9.59 Å². The molecule has 0 saturated carbocycles. The Balaban J connectivity index is 1.60. The summed E-state index contributed by atoms with van der Waals surface area (Å²) in [4.78, 5) is 36.2. The van der Waals surface area contributed by atoms with Gasteiger partial charge in [0.2, 0.25) is 5.91 Å². The first kappa shape index (κ1) is 17.8. The molecule has 0 bridgehead atoms. The summed E-state index contributed by atoms with van der Waals surface area (Å²) < 4.78 is 0. The first-order valence-corrected chi connectivity index (χ1v) is 8.79. The molecule has 0 radical (unpaired) electrons. The predicted octanol–water partition coefficient (Wildman–Crippen LogP) is 1.96. The third-order valence-corrected chi connectivity index (χ3v) is 4.54. The Morgan fingerprint density at radius 2 is 1.73 bits per heavy atom. The van der Waals surface area contributed by atoms with Gasteiger partial charge in [0.1, 0.15) is 11.5 Å². The van der Waals surface area contributed by atoms with Crippen LogP contribution in [0, 0.1) is 0 Å². The van der Waals surface area contributed by atoms with Gasteiger partial charge in [0, 0.05) is 38.8 Å². The molecule has 2 aromatic rings. The summed E-state index contributed by atoms with van der Waals surface area (Å²) in [5, 5.41) is 2.83. The van der Waals surface area contributed by atoms with Crippen LogP contribution in [0.2, 0.25) is 0 Å². The quantitative estimate of drug-likeness (QED) is 0.909. The van der Waals surface area contributed by atoms with E-state index in [1.165, 1.54) is 11.8 Å². The fourth-order valence-corrected chi connectivity index (χ4v) is 2.87. The van der Waals surface area contributed by atoms with Crippen molar-refractivity contribution in [3.05, 3.63) is 47.9 Å². The van der Waals surface area contributed by atoms with Crippen molar-refractivity contribution in [3.8, 4) is 0 Å². The summed E-state index contributed by atoms with van der Waals surface area (Å²) in [5.74, 6) is 0.529. The molecule has 7 heteroatoms. The lowest BCUT2D eigenvalue weighted by Crippen LogP contribution is -2.48. The summed E-state index contributed by atoms with van der Waals surface area (Å²) in [7, 11) is 0. The van der Waals surface area contributed by atoms with Crippen molar-refractivity contribution in [2.24, 2.45) is 0 Å². The van der Waals surface area contributed by atoms with Crippen LogP contribution in [-0.4, -0.2) is 52.9 Å². The Morgan fingerprint density at radius 3 is 2.27 bits per heavy atom. The molecule has 2 amide bonds. The number of aromatic nitrogens is 2. The number of rotatable bonds is 4. The number of anilines is 2. The molecule has 1 aliphatic rings. The van der Waals surface area contributed by atoms with Gasteiger partial charge in [-0.25, -0.2) is 9.97 Å². The van der Waals surface area contributed by atoms with Crippen LogP contribution in [0.1, 0.15) is 29.9 Å². The summed E-state index contributed by atoms with van der Waals surface area (Å²) in [5.41, 5.74) is 2.23. The summed E-state index contributed by atoms with van der Waals surface area (Å²) in [6, 6.07) is 7.75. The number of hydrogen-bond acceptors (Lipinski definition) is 5. The molecular weight excluding hydrogens is 330 g/mol. The second-order valence-electron chi connectivity index (χ2n) is 6.26. The van der Waals surface area contributed by atoms with Crippen LogP contribution < -0.4 is 10.2 Å². The van der Waals surface area contributed by atoms with Crippen LogP contribution in [0.5, 0.6) is 0 Å². The van der Waals surface area contributed by atoms with Gasteiger partial charge in [-0.2, -0.15) is 0 Å². The zero-order valence-electron chi connectivity index (χ0n) is 15.1. The highest BCUT2D eigenvalue weighted by atomic mass is 16.2. The van der Waals surface area contributed by atoms with Crippen LogP contribution in [0.25, 0.3) is 0 Å². The lowest BCUT2D eigenvalue weighted by molar-refractivity contribution is -0.129. The molecule has 7 nitrogen and oxygen atoms in total. The minimum absolute atomic E-state index is 0.0923. The SMILES string of the molecule is CCc1ccc(NC(=O)c2cnc(N3CCN(C(C)=O)CC3)cn2)cc1. The molecular formula is C19H23N5O2. The molecule has 1 N–H and O–H groups in total. The summed E-state index contributed by atoms with van der Waals surface area (Å²) in [6.45, 7) is 6.44. The number of nitrogens with zero attached hydrogens (tertiary/aromatic N) is 4. The maximum atomic E-state index is 12.3. The fraction of sp³-hybridized carbons (Fsp3) is 0.368. The van der Waals surface area contributed by atoms with Crippen molar-refractivity contribution < 1.29 is 9.59 Å². The number of nitrogens with one attached hydrogen (secondary N) is 1. The van der Waals surface area contributed by atoms with Crippen molar-refractivity contribution in [1.29, 1.82) is 0 Å². The van der Waals surface area contributed by atoms with Crippen LogP contribution >= 0.6 is 0 Å². The van der Waals surface area contributed by atoms with Gasteiger partial charge in [-0.05, 0) is 24.1 Å². The monoisotopic (exact) mass is 353 g/mol. The highest BCUT2D eigenvalue weighted by Gasteiger charge is 2.20. The van der Waals surface area contributed by atoms with E-state index >= 15 is 0 Å². The van der Waals surface area contributed by atoms with Gasteiger partial charge < -0.3 is 15.1 Å². The van der Waals surface area contributed by atoms with Crippen molar-refractivity contribution >= 4 is 23.3 Å². The van der Waals surface area contributed by atoms with Crippen molar-refractivity contribution in [2.75, 3.05) is 36.4 Å². The Hall–Kier alpha value is -2.96. The largest absolute Gasteiger partial charge is 0.352 e. The zero-order chi connectivity index (χ0) is 18.5. The minimum Gasteiger partial charge on any atom is -0.352 e. The molecule has 3 rings (SSSR count). The van der Waals surface area contributed by atoms with E-state index in [0.29, 0.717) is 26.2 Å². The van der Waals surface area contributed by atoms with Crippen molar-refractivity contribution in [1.82, 2.24) is 14.9 Å². The Labute approximate surface area is 153 Å². The number of aryl methyl sites for hydroxylation is 1. The smallest absolute Gasteiger partial charge is 0.275 e. The molecule has 1 saturated heterocycles. The van der Waals surface area contributed by atoms with Crippen LogP contribution in [0.4, 0.5) is 11.5 Å². The van der Waals surface area contributed by atoms with Crippen molar-refractivity contribution in [3.63, 3.8) is 0 Å².